The molecule has 0 spiro atoms. The van der Waals surface area contributed by atoms with Crippen LogP contribution in [-0.2, 0) is 11.2 Å². The van der Waals surface area contributed by atoms with Crippen molar-refractivity contribution in [3.8, 4) is 5.69 Å². The zero-order valence-electron chi connectivity index (χ0n) is 13.7. The van der Waals surface area contributed by atoms with E-state index >= 15 is 0 Å². The third-order valence-corrected chi connectivity index (χ3v) is 5.01. The van der Waals surface area contributed by atoms with Gasteiger partial charge in [0.15, 0.2) is 5.16 Å². The first-order valence-electron chi connectivity index (χ1n) is 7.92. The topological polar surface area (TPSA) is 59.8 Å². The van der Waals surface area contributed by atoms with Gasteiger partial charge in [0.25, 0.3) is 0 Å². The van der Waals surface area contributed by atoms with Crippen molar-refractivity contribution in [3.05, 3.63) is 70.5 Å². The second-order valence-corrected chi connectivity index (χ2v) is 7.29. The third-order valence-electron chi connectivity index (χ3n) is 3.58. The van der Waals surface area contributed by atoms with Crippen LogP contribution < -0.4 is 5.32 Å². The summed E-state index contributed by atoms with van der Waals surface area (Å²) in [5, 5.41) is 12.9. The Morgan fingerprint density at radius 2 is 1.92 bits per heavy atom. The average Bonchev–Trinajstić information content (AvgIpc) is 3.10. The monoisotopic (exact) mass is 406 g/mol. The fourth-order valence-corrected chi connectivity index (χ4v) is 3.37. The standard InChI is InChI=1S/C18H16Cl2N4OS/c19-14-6-4-13(5-7-14)8-9-21-17(25)11-26-18-23-22-12-24(18)16-3-1-2-15(20)10-16/h1-7,10,12H,8-9,11H2,(H,21,25). The van der Waals surface area contributed by atoms with E-state index in [1.54, 1.807) is 17.0 Å². The second kappa shape index (κ2) is 9.07. The number of amides is 1. The van der Waals surface area contributed by atoms with Crippen LogP contribution in [0.4, 0.5) is 0 Å². The van der Waals surface area contributed by atoms with Gasteiger partial charge < -0.3 is 5.32 Å². The smallest absolute Gasteiger partial charge is 0.230 e. The first-order chi connectivity index (χ1) is 12.6. The summed E-state index contributed by atoms with van der Waals surface area (Å²) < 4.78 is 1.80. The fourth-order valence-electron chi connectivity index (χ4n) is 2.30. The summed E-state index contributed by atoms with van der Waals surface area (Å²) >= 11 is 13.2. The lowest BCUT2D eigenvalue weighted by Crippen LogP contribution is -2.27. The van der Waals surface area contributed by atoms with Gasteiger partial charge in [0.05, 0.1) is 11.4 Å². The molecule has 0 atom stereocenters. The number of nitrogens with one attached hydrogen (secondary N) is 1. The molecule has 1 amide bonds. The van der Waals surface area contributed by atoms with Gasteiger partial charge in [-0.2, -0.15) is 0 Å². The van der Waals surface area contributed by atoms with E-state index in [1.807, 2.05) is 42.5 Å². The molecule has 0 unspecified atom stereocenters. The maximum absolute atomic E-state index is 12.1. The lowest BCUT2D eigenvalue weighted by atomic mass is 10.1. The molecule has 26 heavy (non-hydrogen) atoms. The van der Waals surface area contributed by atoms with Crippen LogP contribution >= 0.6 is 35.0 Å². The van der Waals surface area contributed by atoms with Gasteiger partial charge in [0.2, 0.25) is 5.91 Å². The van der Waals surface area contributed by atoms with Gasteiger partial charge in [0.1, 0.15) is 6.33 Å². The average molecular weight is 407 g/mol. The molecule has 1 aromatic heterocycles. The van der Waals surface area contributed by atoms with E-state index in [9.17, 15) is 4.79 Å². The second-order valence-electron chi connectivity index (χ2n) is 5.48. The van der Waals surface area contributed by atoms with Gasteiger partial charge in [-0.15, -0.1) is 10.2 Å². The normalized spacial score (nSPS) is 10.7. The number of nitrogens with zero attached hydrogens (tertiary/aromatic N) is 3. The highest BCUT2D eigenvalue weighted by molar-refractivity contribution is 7.99. The number of rotatable bonds is 7. The molecule has 0 aliphatic rings. The maximum Gasteiger partial charge on any atom is 0.230 e. The van der Waals surface area contributed by atoms with Gasteiger partial charge in [-0.05, 0) is 42.3 Å². The molecule has 0 aliphatic heterocycles. The quantitative estimate of drug-likeness (QED) is 0.601. The van der Waals surface area contributed by atoms with E-state index in [-0.39, 0.29) is 11.7 Å². The Balaban J connectivity index is 1.49. The third kappa shape index (κ3) is 5.24. The zero-order valence-corrected chi connectivity index (χ0v) is 16.1. The summed E-state index contributed by atoms with van der Waals surface area (Å²) in [7, 11) is 0. The molecule has 8 heteroatoms. The minimum atomic E-state index is -0.0513. The lowest BCUT2D eigenvalue weighted by Gasteiger charge is -2.07. The molecule has 0 fully saturated rings. The molecule has 134 valence electrons. The molecule has 5 nitrogen and oxygen atoms in total. The SMILES string of the molecule is O=C(CSc1nncn1-c1cccc(Cl)c1)NCCc1ccc(Cl)cc1. The molecule has 2 aromatic carbocycles. The number of carbonyl (C=O) groups excluding carboxylic acids is 1. The Hall–Kier alpha value is -2.02. The van der Waals surface area contributed by atoms with Crippen molar-refractivity contribution in [1.29, 1.82) is 0 Å². The minimum Gasteiger partial charge on any atom is -0.355 e. The lowest BCUT2D eigenvalue weighted by molar-refractivity contribution is -0.118. The van der Waals surface area contributed by atoms with E-state index in [0.29, 0.717) is 21.7 Å². The van der Waals surface area contributed by atoms with Crippen LogP contribution in [0.5, 0.6) is 0 Å². The summed E-state index contributed by atoms with van der Waals surface area (Å²) in [6, 6.07) is 15.0. The van der Waals surface area contributed by atoms with Gasteiger partial charge in [-0.3, -0.25) is 9.36 Å². The van der Waals surface area contributed by atoms with Crippen molar-refractivity contribution in [2.75, 3.05) is 12.3 Å². The maximum atomic E-state index is 12.1. The Kier molecular flexibility index (Phi) is 6.55. The highest BCUT2D eigenvalue weighted by atomic mass is 35.5. The molecule has 1 N–H and O–H groups in total. The van der Waals surface area contributed by atoms with Crippen LogP contribution in [0.1, 0.15) is 5.56 Å². The molecule has 0 saturated carbocycles. The van der Waals surface area contributed by atoms with E-state index in [4.69, 9.17) is 23.2 Å². The van der Waals surface area contributed by atoms with Crippen molar-refractivity contribution < 1.29 is 4.79 Å². The Labute approximate surface area is 165 Å². The largest absolute Gasteiger partial charge is 0.355 e. The number of thioether (sulfide) groups is 1. The van der Waals surface area contributed by atoms with E-state index in [0.717, 1.165) is 17.7 Å². The van der Waals surface area contributed by atoms with Crippen LogP contribution in [0.25, 0.3) is 5.69 Å². The number of hydrogen-bond acceptors (Lipinski definition) is 4. The molecular formula is C18H16Cl2N4OS. The highest BCUT2D eigenvalue weighted by Crippen LogP contribution is 2.21. The van der Waals surface area contributed by atoms with Crippen LogP contribution in [0.2, 0.25) is 10.0 Å². The number of hydrogen-bond donors (Lipinski definition) is 1. The van der Waals surface area contributed by atoms with Crippen LogP contribution in [0.3, 0.4) is 0 Å². The molecule has 1 heterocycles. The number of halogens is 2. The van der Waals surface area contributed by atoms with Crippen molar-refractivity contribution in [2.24, 2.45) is 0 Å². The summed E-state index contributed by atoms with van der Waals surface area (Å²) in [6.45, 7) is 0.571. The van der Waals surface area contributed by atoms with Crippen LogP contribution in [-0.4, -0.2) is 33.0 Å². The first-order valence-corrected chi connectivity index (χ1v) is 9.66. The van der Waals surface area contributed by atoms with Crippen molar-refractivity contribution in [3.63, 3.8) is 0 Å². The molecule has 3 aromatic rings. The molecule has 0 bridgehead atoms. The molecule has 0 radical (unpaired) electrons. The van der Waals surface area contributed by atoms with Crippen molar-refractivity contribution >= 4 is 40.9 Å². The Morgan fingerprint density at radius 1 is 1.12 bits per heavy atom. The Morgan fingerprint density at radius 3 is 2.69 bits per heavy atom. The van der Waals surface area contributed by atoms with E-state index in [2.05, 4.69) is 15.5 Å². The summed E-state index contributed by atoms with van der Waals surface area (Å²) in [4.78, 5) is 12.1. The van der Waals surface area contributed by atoms with Gasteiger partial charge in [-0.1, -0.05) is 53.2 Å². The van der Waals surface area contributed by atoms with Gasteiger partial charge >= 0.3 is 0 Å². The van der Waals surface area contributed by atoms with Gasteiger partial charge in [0, 0.05) is 16.6 Å². The van der Waals surface area contributed by atoms with Crippen LogP contribution in [0.15, 0.2) is 60.0 Å². The first kappa shape index (κ1) is 18.8. The van der Waals surface area contributed by atoms with E-state index < -0.39 is 0 Å². The van der Waals surface area contributed by atoms with Crippen molar-refractivity contribution in [1.82, 2.24) is 20.1 Å². The summed E-state index contributed by atoms with van der Waals surface area (Å²) in [6.07, 6.45) is 2.36. The summed E-state index contributed by atoms with van der Waals surface area (Å²) in [5.74, 6) is 0.212. The predicted octanol–water partition coefficient (Wildman–Crippen LogP) is 4.03. The zero-order chi connectivity index (χ0) is 18.4. The number of carbonyl (C=O) groups is 1. The molecule has 3 rings (SSSR count). The summed E-state index contributed by atoms with van der Waals surface area (Å²) in [5.41, 5.74) is 1.98. The predicted molar refractivity (Wildman–Crippen MR) is 105 cm³/mol. The van der Waals surface area contributed by atoms with Gasteiger partial charge in [-0.25, -0.2) is 0 Å². The highest BCUT2D eigenvalue weighted by Gasteiger charge is 2.10. The number of benzene rings is 2. The minimum absolute atomic E-state index is 0.0513. The van der Waals surface area contributed by atoms with Crippen LogP contribution in [0, 0.1) is 0 Å². The fraction of sp³-hybridized carbons (Fsp3) is 0.167. The Bertz CT molecular complexity index is 883. The molecule has 0 aliphatic carbocycles. The van der Waals surface area contributed by atoms with Crippen molar-refractivity contribution in [2.45, 2.75) is 11.6 Å². The molecule has 0 saturated heterocycles. The molecular weight excluding hydrogens is 391 g/mol. The number of aromatic nitrogens is 3. The van der Waals surface area contributed by atoms with E-state index in [1.165, 1.54) is 11.8 Å².